The van der Waals surface area contributed by atoms with Crippen LogP contribution in [0.5, 0.6) is 5.75 Å². The number of benzene rings is 2. The van der Waals surface area contributed by atoms with Crippen molar-refractivity contribution in [3.05, 3.63) is 70.3 Å². The van der Waals surface area contributed by atoms with Crippen LogP contribution < -0.4 is 15.8 Å². The molecule has 1 aliphatic rings. The SMILES string of the molecule is Cn1c(=O)c(C(=O)NCCC(=O)N2CCN(c3ccccc3F)CC2)c(O)c2ccccc21. The summed E-state index contributed by atoms with van der Waals surface area (Å²) >= 11 is 0. The average Bonchev–Trinajstić information content (AvgIpc) is 2.83. The van der Waals surface area contributed by atoms with Gasteiger partial charge in [0.05, 0.1) is 11.2 Å². The lowest BCUT2D eigenvalue weighted by molar-refractivity contribution is -0.131. The molecule has 1 aromatic heterocycles. The van der Waals surface area contributed by atoms with E-state index < -0.39 is 11.5 Å². The lowest BCUT2D eigenvalue weighted by Gasteiger charge is -2.36. The zero-order valence-corrected chi connectivity index (χ0v) is 18.3. The van der Waals surface area contributed by atoms with E-state index in [-0.39, 0.29) is 36.0 Å². The second-order valence-corrected chi connectivity index (χ2v) is 7.93. The second kappa shape index (κ2) is 9.32. The zero-order chi connectivity index (χ0) is 23.5. The van der Waals surface area contributed by atoms with Crippen molar-refractivity contribution in [1.29, 1.82) is 0 Å². The van der Waals surface area contributed by atoms with Crippen LogP contribution in [0.15, 0.2) is 53.3 Å². The summed E-state index contributed by atoms with van der Waals surface area (Å²) in [6.45, 7) is 1.96. The van der Waals surface area contributed by atoms with Crippen molar-refractivity contribution in [3.8, 4) is 5.75 Å². The Morgan fingerprint density at radius 1 is 1.03 bits per heavy atom. The number of pyridine rings is 1. The largest absolute Gasteiger partial charge is 0.506 e. The molecule has 2 amide bonds. The van der Waals surface area contributed by atoms with Crippen molar-refractivity contribution in [2.75, 3.05) is 37.6 Å². The first-order chi connectivity index (χ1) is 15.9. The monoisotopic (exact) mass is 452 g/mol. The van der Waals surface area contributed by atoms with Crippen LogP contribution >= 0.6 is 0 Å². The van der Waals surface area contributed by atoms with E-state index in [1.165, 1.54) is 17.7 Å². The van der Waals surface area contributed by atoms with Crippen LogP contribution in [0.2, 0.25) is 0 Å². The van der Waals surface area contributed by atoms with Gasteiger partial charge in [-0.2, -0.15) is 0 Å². The topological polar surface area (TPSA) is 94.9 Å². The van der Waals surface area contributed by atoms with Gasteiger partial charge in [-0.15, -0.1) is 0 Å². The number of nitrogens with zero attached hydrogens (tertiary/aromatic N) is 3. The molecule has 0 atom stereocenters. The molecule has 8 nitrogen and oxygen atoms in total. The number of para-hydroxylation sites is 2. The number of fused-ring (bicyclic) bond motifs is 1. The van der Waals surface area contributed by atoms with Gasteiger partial charge in [0, 0.05) is 51.6 Å². The molecular weight excluding hydrogens is 427 g/mol. The van der Waals surface area contributed by atoms with Gasteiger partial charge in [-0.25, -0.2) is 4.39 Å². The molecule has 3 aromatic rings. The standard InChI is InChI=1S/C24H25FN4O4/c1-27-18-8-4-2-6-16(18)22(31)21(24(27)33)23(32)26-11-10-20(30)29-14-12-28(13-15-29)19-9-5-3-7-17(19)25/h2-9,31H,10-15H2,1H3,(H,26,32). The lowest BCUT2D eigenvalue weighted by Crippen LogP contribution is -2.49. The molecule has 9 heteroatoms. The van der Waals surface area contributed by atoms with Crippen LogP contribution in [-0.4, -0.2) is 59.1 Å². The Hall–Kier alpha value is -3.88. The van der Waals surface area contributed by atoms with E-state index in [2.05, 4.69) is 5.32 Å². The van der Waals surface area contributed by atoms with Crippen molar-refractivity contribution in [3.63, 3.8) is 0 Å². The summed E-state index contributed by atoms with van der Waals surface area (Å²) in [4.78, 5) is 41.4. The summed E-state index contributed by atoms with van der Waals surface area (Å²) in [5.74, 6) is -1.53. The summed E-state index contributed by atoms with van der Waals surface area (Å²) in [6, 6.07) is 13.3. The quantitative estimate of drug-likeness (QED) is 0.616. The van der Waals surface area contributed by atoms with E-state index in [0.717, 1.165) is 0 Å². The number of hydrogen-bond donors (Lipinski definition) is 2. The molecule has 0 saturated carbocycles. The number of aromatic hydroxyl groups is 1. The van der Waals surface area contributed by atoms with Crippen LogP contribution in [0.1, 0.15) is 16.8 Å². The Morgan fingerprint density at radius 2 is 1.70 bits per heavy atom. The van der Waals surface area contributed by atoms with E-state index in [9.17, 15) is 23.9 Å². The Bertz CT molecular complexity index is 1270. The molecule has 2 N–H and O–H groups in total. The Kier molecular flexibility index (Phi) is 6.30. The molecular formula is C24H25FN4O4. The summed E-state index contributed by atoms with van der Waals surface area (Å²) in [5, 5.41) is 13.5. The number of nitrogens with one attached hydrogen (secondary N) is 1. The number of rotatable bonds is 5. The minimum Gasteiger partial charge on any atom is -0.506 e. The van der Waals surface area contributed by atoms with E-state index in [4.69, 9.17) is 0 Å². The summed E-state index contributed by atoms with van der Waals surface area (Å²) in [5.41, 5.74) is 0.0799. The van der Waals surface area contributed by atoms with Crippen molar-refractivity contribution in [2.45, 2.75) is 6.42 Å². The van der Waals surface area contributed by atoms with Crippen LogP contribution in [-0.2, 0) is 11.8 Å². The maximum absolute atomic E-state index is 14.0. The number of carbonyl (C=O) groups is 2. The highest BCUT2D eigenvalue weighted by atomic mass is 19.1. The highest BCUT2D eigenvalue weighted by molar-refractivity contribution is 6.02. The molecule has 4 rings (SSSR count). The zero-order valence-electron chi connectivity index (χ0n) is 18.3. The first kappa shape index (κ1) is 22.3. The summed E-state index contributed by atoms with van der Waals surface area (Å²) < 4.78 is 15.3. The highest BCUT2D eigenvalue weighted by Crippen LogP contribution is 2.25. The highest BCUT2D eigenvalue weighted by Gasteiger charge is 2.24. The molecule has 0 radical (unpaired) electrons. The number of aromatic nitrogens is 1. The Balaban J connectivity index is 1.34. The van der Waals surface area contributed by atoms with Gasteiger partial charge in [0.1, 0.15) is 17.1 Å². The van der Waals surface area contributed by atoms with Crippen molar-refractivity contribution in [2.24, 2.45) is 7.05 Å². The Labute approximate surface area is 189 Å². The fraction of sp³-hybridized carbons (Fsp3) is 0.292. The maximum atomic E-state index is 14.0. The van der Waals surface area contributed by atoms with Crippen LogP contribution in [0, 0.1) is 5.82 Å². The third-order valence-electron chi connectivity index (χ3n) is 5.95. The number of hydrogen-bond acceptors (Lipinski definition) is 5. The lowest BCUT2D eigenvalue weighted by atomic mass is 10.1. The molecule has 33 heavy (non-hydrogen) atoms. The molecule has 172 valence electrons. The smallest absolute Gasteiger partial charge is 0.267 e. The number of halogens is 1. The Morgan fingerprint density at radius 3 is 2.42 bits per heavy atom. The van der Waals surface area contributed by atoms with Gasteiger partial charge >= 0.3 is 0 Å². The number of carbonyl (C=O) groups excluding carboxylic acids is 2. The first-order valence-electron chi connectivity index (χ1n) is 10.7. The minimum atomic E-state index is -0.726. The van der Waals surface area contributed by atoms with Crippen LogP contribution in [0.25, 0.3) is 10.9 Å². The molecule has 1 aliphatic heterocycles. The third kappa shape index (κ3) is 4.39. The predicted molar refractivity (Wildman–Crippen MR) is 123 cm³/mol. The van der Waals surface area contributed by atoms with E-state index in [0.29, 0.717) is 42.8 Å². The van der Waals surface area contributed by atoms with E-state index in [1.807, 2.05) is 4.90 Å². The summed E-state index contributed by atoms with van der Waals surface area (Å²) in [7, 11) is 1.53. The van der Waals surface area contributed by atoms with Gasteiger partial charge in [-0.1, -0.05) is 24.3 Å². The molecule has 0 spiro atoms. The first-order valence-corrected chi connectivity index (χ1v) is 10.7. The van der Waals surface area contributed by atoms with Crippen LogP contribution in [0.4, 0.5) is 10.1 Å². The average molecular weight is 452 g/mol. The number of anilines is 1. The third-order valence-corrected chi connectivity index (χ3v) is 5.95. The molecule has 0 unspecified atom stereocenters. The maximum Gasteiger partial charge on any atom is 0.267 e. The van der Waals surface area contributed by atoms with Gasteiger partial charge in [0.25, 0.3) is 11.5 Å². The van der Waals surface area contributed by atoms with E-state index in [1.54, 1.807) is 47.4 Å². The fourth-order valence-electron chi connectivity index (χ4n) is 4.12. The molecule has 0 aliphatic carbocycles. The molecule has 1 saturated heterocycles. The van der Waals surface area contributed by atoms with Crippen LogP contribution in [0.3, 0.4) is 0 Å². The van der Waals surface area contributed by atoms with Crippen molar-refractivity contribution < 1.29 is 19.1 Å². The molecule has 0 bridgehead atoms. The fourth-order valence-corrected chi connectivity index (χ4v) is 4.12. The normalized spacial score (nSPS) is 13.9. The van der Waals surface area contributed by atoms with E-state index >= 15 is 0 Å². The minimum absolute atomic E-state index is 0.0284. The number of aryl methyl sites for hydroxylation is 1. The second-order valence-electron chi connectivity index (χ2n) is 7.93. The van der Waals surface area contributed by atoms with Gasteiger partial charge in [0.15, 0.2) is 0 Å². The summed E-state index contributed by atoms with van der Waals surface area (Å²) in [6.07, 6.45) is 0.0557. The number of piperazine rings is 1. The van der Waals surface area contributed by atoms with Gasteiger partial charge < -0.3 is 24.8 Å². The predicted octanol–water partition coefficient (Wildman–Crippen LogP) is 1.85. The number of amides is 2. The molecule has 2 heterocycles. The van der Waals surface area contributed by atoms with Gasteiger partial charge in [0.2, 0.25) is 5.91 Å². The molecule has 1 fully saturated rings. The van der Waals surface area contributed by atoms with Crippen molar-refractivity contribution in [1.82, 2.24) is 14.8 Å². The van der Waals surface area contributed by atoms with Crippen molar-refractivity contribution >= 4 is 28.4 Å². The van der Waals surface area contributed by atoms with Gasteiger partial charge in [-0.3, -0.25) is 14.4 Å². The van der Waals surface area contributed by atoms with Gasteiger partial charge in [-0.05, 0) is 24.3 Å². The molecule has 2 aromatic carbocycles.